The zero-order valence-electron chi connectivity index (χ0n) is 20.5. The molecule has 2 unspecified atom stereocenters. The van der Waals surface area contributed by atoms with E-state index in [-0.39, 0.29) is 30.2 Å². The van der Waals surface area contributed by atoms with Gasteiger partial charge in [0.1, 0.15) is 17.7 Å². The predicted molar refractivity (Wildman–Crippen MR) is 135 cm³/mol. The molecule has 36 heavy (non-hydrogen) atoms. The van der Waals surface area contributed by atoms with E-state index < -0.39 is 29.7 Å². The molecule has 1 aliphatic carbocycles. The highest BCUT2D eigenvalue weighted by Gasteiger charge is 2.33. The Hall–Kier alpha value is -3.70. The molecule has 2 aliphatic rings. The molecule has 1 fully saturated rings. The first-order chi connectivity index (χ1) is 17.2. The smallest absolute Gasteiger partial charge is 0.414 e. The van der Waals surface area contributed by atoms with Gasteiger partial charge in [-0.05, 0) is 25.6 Å². The van der Waals surface area contributed by atoms with Gasteiger partial charge < -0.3 is 26.9 Å². The summed E-state index contributed by atoms with van der Waals surface area (Å²) in [7, 11) is 0. The number of carbonyl (C=O) groups excluding carboxylic acids is 2. The van der Waals surface area contributed by atoms with Crippen molar-refractivity contribution in [2.24, 2.45) is 17.3 Å². The van der Waals surface area contributed by atoms with E-state index in [1.165, 1.54) is 11.1 Å². The minimum atomic E-state index is -0.732. The summed E-state index contributed by atoms with van der Waals surface area (Å²) in [5.41, 5.74) is 14.5. The van der Waals surface area contributed by atoms with Crippen molar-refractivity contribution in [1.29, 1.82) is 0 Å². The lowest BCUT2D eigenvalue weighted by molar-refractivity contribution is -0.121. The van der Waals surface area contributed by atoms with Gasteiger partial charge in [-0.3, -0.25) is 15.5 Å². The number of benzene rings is 1. The molecule has 196 valence electrons. The maximum atomic E-state index is 14.7. The van der Waals surface area contributed by atoms with Crippen molar-refractivity contribution in [1.82, 2.24) is 10.7 Å². The summed E-state index contributed by atoms with van der Waals surface area (Å²) < 4.78 is 34.7. The van der Waals surface area contributed by atoms with Crippen LogP contribution in [-0.2, 0) is 9.53 Å². The van der Waals surface area contributed by atoms with Crippen molar-refractivity contribution in [3.8, 4) is 0 Å². The molecule has 1 aromatic carbocycles. The lowest BCUT2D eigenvalue weighted by atomic mass is 9.96. The van der Waals surface area contributed by atoms with Crippen LogP contribution in [0.5, 0.6) is 0 Å². The SMILES string of the molecule is CCC(=O)NCC1CN(c2cc(F)c(C3C=CC=C(C)C=C3)c(F)c2)C(=O)O1.N/C=C(/CCN)NN. The highest BCUT2D eigenvalue weighted by molar-refractivity contribution is 5.90. The molecule has 1 heterocycles. The Kier molecular flexibility index (Phi) is 11.1. The van der Waals surface area contributed by atoms with Crippen LogP contribution in [0.25, 0.3) is 0 Å². The Labute approximate surface area is 209 Å². The third-order valence-electron chi connectivity index (χ3n) is 5.48. The summed E-state index contributed by atoms with van der Waals surface area (Å²) in [6.07, 6.45) is 10.0. The molecule has 9 nitrogen and oxygen atoms in total. The number of carbonyl (C=O) groups is 2. The number of nitrogens with zero attached hydrogens (tertiary/aromatic N) is 1. The molecule has 0 aromatic heterocycles. The number of hydrogen-bond donors (Lipinski definition) is 5. The Bertz CT molecular complexity index is 1030. The van der Waals surface area contributed by atoms with E-state index in [4.69, 9.17) is 22.0 Å². The van der Waals surface area contributed by atoms with Gasteiger partial charge in [0, 0.05) is 36.2 Å². The number of halogens is 2. The van der Waals surface area contributed by atoms with Crippen LogP contribution in [0.2, 0.25) is 0 Å². The third kappa shape index (κ3) is 7.92. The minimum Gasteiger partial charge on any atom is -0.442 e. The standard InChI is InChI=1S/C21H22F2N2O3.C4H12N4/c1-3-19(26)24-11-16-12-25(21(27)28-16)15-9-17(22)20(18(23)10-15)14-6-4-5-13(2)7-8-14;5-2-1-4(3-6)8-7/h4-10,14,16H,3,11-12H2,1-2H3,(H,24,26);3,8H,1-2,5-7H2/b;4-3-. The summed E-state index contributed by atoms with van der Waals surface area (Å²) in [5.74, 6) is 2.85. The fraction of sp³-hybridized carbons (Fsp3) is 0.360. The quantitative estimate of drug-likeness (QED) is 0.270. The Morgan fingerprint density at radius 2 is 1.97 bits per heavy atom. The van der Waals surface area contributed by atoms with Crippen molar-refractivity contribution in [3.63, 3.8) is 0 Å². The molecule has 0 saturated carbocycles. The van der Waals surface area contributed by atoms with E-state index in [1.807, 2.05) is 19.1 Å². The molecule has 8 N–H and O–H groups in total. The van der Waals surface area contributed by atoms with Gasteiger partial charge >= 0.3 is 6.09 Å². The van der Waals surface area contributed by atoms with Gasteiger partial charge in [0.05, 0.1) is 18.8 Å². The fourth-order valence-electron chi connectivity index (χ4n) is 3.49. The predicted octanol–water partition coefficient (Wildman–Crippen LogP) is 2.57. The van der Waals surface area contributed by atoms with Crippen LogP contribution in [-0.4, -0.2) is 37.7 Å². The molecule has 3 rings (SSSR count). The van der Waals surface area contributed by atoms with Gasteiger partial charge in [-0.25, -0.2) is 13.6 Å². The highest BCUT2D eigenvalue weighted by atomic mass is 19.1. The van der Waals surface area contributed by atoms with Gasteiger partial charge in [0.2, 0.25) is 5.91 Å². The lowest BCUT2D eigenvalue weighted by Gasteiger charge is -2.17. The zero-order chi connectivity index (χ0) is 26.7. The van der Waals surface area contributed by atoms with Crippen molar-refractivity contribution >= 4 is 17.7 Å². The van der Waals surface area contributed by atoms with Crippen LogP contribution >= 0.6 is 0 Å². The molecular weight excluding hydrogens is 470 g/mol. The maximum Gasteiger partial charge on any atom is 0.414 e. The number of ether oxygens (including phenoxy) is 1. The van der Waals surface area contributed by atoms with Gasteiger partial charge in [0.15, 0.2) is 0 Å². The summed E-state index contributed by atoms with van der Waals surface area (Å²) >= 11 is 0. The first-order valence-corrected chi connectivity index (χ1v) is 11.6. The molecule has 0 spiro atoms. The molecule has 0 bridgehead atoms. The van der Waals surface area contributed by atoms with Gasteiger partial charge in [-0.1, -0.05) is 42.9 Å². The van der Waals surface area contributed by atoms with Crippen molar-refractivity contribution in [3.05, 3.63) is 77.2 Å². The van der Waals surface area contributed by atoms with Crippen molar-refractivity contribution < 1.29 is 23.1 Å². The number of hydrogen-bond acceptors (Lipinski definition) is 7. The second kappa shape index (κ2) is 14.0. The van der Waals surface area contributed by atoms with E-state index in [1.54, 1.807) is 25.2 Å². The second-order valence-corrected chi connectivity index (χ2v) is 8.15. The van der Waals surface area contributed by atoms with E-state index in [9.17, 15) is 18.4 Å². The van der Waals surface area contributed by atoms with Crippen LogP contribution in [0.3, 0.4) is 0 Å². The van der Waals surface area contributed by atoms with E-state index in [0.29, 0.717) is 19.4 Å². The van der Waals surface area contributed by atoms with E-state index >= 15 is 0 Å². The van der Waals surface area contributed by atoms with Crippen LogP contribution in [0.4, 0.5) is 19.3 Å². The molecule has 2 atom stereocenters. The number of anilines is 1. The van der Waals surface area contributed by atoms with Crippen molar-refractivity contribution in [2.45, 2.75) is 38.7 Å². The summed E-state index contributed by atoms with van der Waals surface area (Å²) in [5, 5.41) is 2.64. The van der Waals surface area contributed by atoms with Gasteiger partial charge in [-0.2, -0.15) is 0 Å². The largest absolute Gasteiger partial charge is 0.442 e. The average Bonchev–Trinajstić information content (AvgIpc) is 3.10. The summed E-state index contributed by atoms with van der Waals surface area (Å²) in [6, 6.07) is 2.28. The lowest BCUT2D eigenvalue weighted by Crippen LogP contribution is -2.34. The first kappa shape index (κ1) is 28.5. The zero-order valence-corrected chi connectivity index (χ0v) is 20.5. The third-order valence-corrected chi connectivity index (χ3v) is 5.48. The molecular formula is C25H34F2N6O3. The van der Waals surface area contributed by atoms with E-state index in [0.717, 1.165) is 23.4 Å². The molecule has 11 heteroatoms. The number of nitrogens with two attached hydrogens (primary N) is 3. The number of hydrazine groups is 1. The van der Waals surface area contributed by atoms with Gasteiger partial charge in [0.25, 0.3) is 0 Å². The second-order valence-electron chi connectivity index (χ2n) is 8.15. The number of nitrogens with one attached hydrogen (secondary N) is 2. The maximum absolute atomic E-state index is 14.7. The highest BCUT2D eigenvalue weighted by Crippen LogP contribution is 2.32. The monoisotopic (exact) mass is 504 g/mol. The number of allylic oxidation sites excluding steroid dienone is 6. The molecule has 1 aromatic rings. The first-order valence-electron chi connectivity index (χ1n) is 11.6. The summed E-state index contributed by atoms with van der Waals surface area (Å²) in [6.45, 7) is 4.44. The molecule has 2 amide bonds. The molecule has 1 saturated heterocycles. The Balaban J connectivity index is 0.000000493. The summed E-state index contributed by atoms with van der Waals surface area (Å²) in [4.78, 5) is 24.6. The van der Waals surface area contributed by atoms with Crippen LogP contribution in [0.15, 0.2) is 60.0 Å². The number of rotatable bonds is 8. The van der Waals surface area contributed by atoms with Crippen LogP contribution < -0.4 is 33.0 Å². The number of cyclic esters (lactones) is 1. The normalized spacial score (nSPS) is 19.2. The van der Waals surface area contributed by atoms with E-state index in [2.05, 4.69) is 10.7 Å². The van der Waals surface area contributed by atoms with Crippen LogP contribution in [0, 0.1) is 11.6 Å². The fourth-order valence-corrected chi connectivity index (χ4v) is 3.49. The Morgan fingerprint density at radius 1 is 1.28 bits per heavy atom. The van der Waals surface area contributed by atoms with Gasteiger partial charge in [-0.15, -0.1) is 0 Å². The molecule has 0 radical (unpaired) electrons. The van der Waals surface area contributed by atoms with Crippen molar-refractivity contribution in [2.75, 3.05) is 24.5 Å². The van der Waals surface area contributed by atoms with Crippen LogP contribution in [0.1, 0.15) is 38.2 Å². The minimum absolute atomic E-state index is 0.0707. The number of amides is 2. The average molecular weight is 505 g/mol. The molecule has 1 aliphatic heterocycles. The topological polar surface area (TPSA) is 149 Å². The Morgan fingerprint density at radius 3 is 2.53 bits per heavy atom.